The molecule has 1 aromatic carbocycles. The highest BCUT2D eigenvalue weighted by Crippen LogP contribution is 2.32. The van der Waals surface area contributed by atoms with Gasteiger partial charge in [-0.25, -0.2) is 0 Å². The van der Waals surface area contributed by atoms with Gasteiger partial charge >= 0.3 is 6.18 Å². The number of halogens is 3. The van der Waals surface area contributed by atoms with Crippen LogP contribution in [0.1, 0.15) is 11.1 Å². The van der Waals surface area contributed by atoms with Gasteiger partial charge in [0.1, 0.15) is 11.0 Å². The van der Waals surface area contributed by atoms with E-state index in [1.54, 1.807) is 18.3 Å². The molecule has 0 saturated carbocycles. The summed E-state index contributed by atoms with van der Waals surface area (Å²) < 4.78 is 40.3. The van der Waals surface area contributed by atoms with Gasteiger partial charge in [-0.05, 0) is 17.7 Å². The Hall–Kier alpha value is -2.57. The van der Waals surface area contributed by atoms with Crippen molar-refractivity contribution in [2.24, 2.45) is 0 Å². The first-order chi connectivity index (χ1) is 9.95. The molecule has 4 nitrogen and oxygen atoms in total. The Labute approximate surface area is 118 Å². The normalized spacial score (nSPS) is 12.0. The van der Waals surface area contributed by atoms with Crippen LogP contribution in [0.15, 0.2) is 42.7 Å². The summed E-state index contributed by atoms with van der Waals surface area (Å²) in [4.78, 5) is 4.09. The summed E-state index contributed by atoms with van der Waals surface area (Å²) in [6.07, 6.45) is -1.27. The number of pyridine rings is 1. The number of benzene rings is 1. The Morgan fingerprint density at radius 1 is 1.14 bits per heavy atom. The molecule has 0 aliphatic heterocycles. The predicted octanol–water partition coefficient (Wildman–Crippen LogP) is 3.08. The van der Waals surface area contributed by atoms with Crippen LogP contribution in [0.3, 0.4) is 0 Å². The summed E-state index contributed by atoms with van der Waals surface area (Å²) in [5.41, 5.74) is 6.74. The van der Waals surface area contributed by atoms with Crippen molar-refractivity contribution in [3.8, 4) is 0 Å². The van der Waals surface area contributed by atoms with Crippen LogP contribution in [-0.2, 0) is 12.7 Å². The number of hydrogen-bond acceptors (Lipinski definition) is 3. The van der Waals surface area contributed by atoms with Gasteiger partial charge in [-0.3, -0.25) is 9.67 Å². The Morgan fingerprint density at radius 3 is 2.62 bits per heavy atom. The topological polar surface area (TPSA) is 56.7 Å². The van der Waals surface area contributed by atoms with E-state index in [0.717, 1.165) is 6.07 Å². The van der Waals surface area contributed by atoms with Crippen molar-refractivity contribution in [1.29, 1.82) is 0 Å². The molecule has 0 spiro atoms. The van der Waals surface area contributed by atoms with Crippen molar-refractivity contribution in [1.82, 2.24) is 14.8 Å². The average molecular weight is 292 g/mol. The quantitative estimate of drug-likeness (QED) is 0.789. The van der Waals surface area contributed by atoms with E-state index < -0.39 is 11.7 Å². The highest BCUT2D eigenvalue weighted by atomic mass is 19.4. The number of nitrogens with zero attached hydrogens (tertiary/aromatic N) is 3. The van der Waals surface area contributed by atoms with E-state index in [-0.39, 0.29) is 12.1 Å². The standard InChI is InChI=1S/C14H11F3N4/c15-14(16,17)10-4-2-1-3-9(10)7-21-8-12-13(20-21)11(18)5-6-19-12/h1-6,8H,7,18H2. The largest absolute Gasteiger partial charge is 0.416 e. The second kappa shape index (κ2) is 4.76. The van der Waals surface area contributed by atoms with Gasteiger partial charge < -0.3 is 5.73 Å². The molecule has 0 fully saturated rings. The van der Waals surface area contributed by atoms with Crippen molar-refractivity contribution >= 4 is 16.7 Å². The van der Waals surface area contributed by atoms with Gasteiger partial charge in [-0.1, -0.05) is 18.2 Å². The zero-order valence-electron chi connectivity index (χ0n) is 10.8. The molecule has 0 saturated heterocycles. The number of anilines is 1. The molecule has 3 rings (SSSR count). The average Bonchev–Trinajstić information content (AvgIpc) is 2.82. The van der Waals surface area contributed by atoms with Crippen LogP contribution in [0.5, 0.6) is 0 Å². The van der Waals surface area contributed by atoms with Crippen molar-refractivity contribution in [3.05, 3.63) is 53.9 Å². The van der Waals surface area contributed by atoms with Crippen LogP contribution in [-0.4, -0.2) is 14.8 Å². The zero-order valence-corrected chi connectivity index (χ0v) is 10.8. The maximum atomic E-state index is 13.0. The van der Waals surface area contributed by atoms with Gasteiger partial charge in [0.05, 0.1) is 24.0 Å². The fourth-order valence-electron chi connectivity index (χ4n) is 2.18. The van der Waals surface area contributed by atoms with Crippen molar-refractivity contribution in [3.63, 3.8) is 0 Å². The zero-order chi connectivity index (χ0) is 15.0. The van der Waals surface area contributed by atoms with E-state index in [1.807, 2.05) is 0 Å². The highest BCUT2D eigenvalue weighted by molar-refractivity contribution is 5.85. The summed E-state index contributed by atoms with van der Waals surface area (Å²) in [6, 6.07) is 7.03. The van der Waals surface area contributed by atoms with E-state index in [9.17, 15) is 13.2 Å². The Morgan fingerprint density at radius 2 is 1.90 bits per heavy atom. The van der Waals surface area contributed by atoms with Crippen LogP contribution < -0.4 is 5.73 Å². The van der Waals surface area contributed by atoms with Gasteiger partial charge in [0, 0.05) is 6.20 Å². The molecule has 0 bridgehead atoms. The lowest BCUT2D eigenvalue weighted by molar-refractivity contribution is -0.138. The molecular formula is C14H11F3N4. The lowest BCUT2D eigenvalue weighted by Crippen LogP contribution is -2.11. The third kappa shape index (κ3) is 2.54. The second-order valence-corrected chi connectivity index (χ2v) is 4.62. The lowest BCUT2D eigenvalue weighted by Gasteiger charge is -2.12. The number of rotatable bonds is 2. The monoisotopic (exact) mass is 292 g/mol. The van der Waals surface area contributed by atoms with E-state index >= 15 is 0 Å². The molecule has 0 amide bonds. The summed E-state index contributed by atoms with van der Waals surface area (Å²) in [5, 5.41) is 4.19. The number of hydrogen-bond donors (Lipinski definition) is 1. The predicted molar refractivity (Wildman–Crippen MR) is 72.5 cm³/mol. The summed E-state index contributed by atoms with van der Waals surface area (Å²) in [5.74, 6) is 0. The fraction of sp³-hybridized carbons (Fsp3) is 0.143. The van der Waals surface area contributed by atoms with Crippen LogP contribution in [0, 0.1) is 0 Å². The van der Waals surface area contributed by atoms with Crippen LogP contribution >= 0.6 is 0 Å². The molecule has 2 aromatic heterocycles. The number of fused-ring (bicyclic) bond motifs is 1. The maximum absolute atomic E-state index is 13.0. The van der Waals surface area contributed by atoms with Crippen LogP contribution in [0.25, 0.3) is 11.0 Å². The van der Waals surface area contributed by atoms with Crippen molar-refractivity contribution < 1.29 is 13.2 Å². The van der Waals surface area contributed by atoms with Crippen molar-refractivity contribution in [2.75, 3.05) is 5.73 Å². The highest BCUT2D eigenvalue weighted by Gasteiger charge is 2.32. The first kappa shape index (κ1) is 13.4. The smallest absolute Gasteiger partial charge is 0.397 e. The van der Waals surface area contributed by atoms with Gasteiger partial charge in [-0.2, -0.15) is 18.3 Å². The molecule has 0 aliphatic carbocycles. The molecule has 108 valence electrons. The Kier molecular flexibility index (Phi) is 3.04. The second-order valence-electron chi connectivity index (χ2n) is 4.62. The maximum Gasteiger partial charge on any atom is 0.416 e. The van der Waals surface area contributed by atoms with Gasteiger partial charge in [0.2, 0.25) is 0 Å². The third-order valence-electron chi connectivity index (χ3n) is 3.14. The molecule has 2 N–H and O–H groups in total. The summed E-state index contributed by atoms with van der Waals surface area (Å²) in [7, 11) is 0. The van der Waals surface area contributed by atoms with Gasteiger partial charge in [0.15, 0.2) is 0 Å². The van der Waals surface area contributed by atoms with E-state index in [2.05, 4.69) is 10.1 Å². The number of aromatic nitrogens is 3. The molecule has 0 unspecified atom stereocenters. The fourth-order valence-corrected chi connectivity index (χ4v) is 2.18. The molecule has 7 heteroatoms. The molecule has 0 radical (unpaired) electrons. The Bertz CT molecular complexity index is 792. The first-order valence-electron chi connectivity index (χ1n) is 6.18. The minimum atomic E-state index is -4.39. The number of nitrogen functional groups attached to an aromatic ring is 1. The van der Waals surface area contributed by atoms with E-state index in [1.165, 1.54) is 23.0 Å². The number of nitrogens with two attached hydrogens (primary N) is 1. The SMILES string of the molecule is Nc1ccnc2cn(Cc3ccccc3C(F)(F)F)nc12. The lowest BCUT2D eigenvalue weighted by atomic mass is 10.1. The summed E-state index contributed by atoms with van der Waals surface area (Å²) in [6.45, 7) is 0.00544. The van der Waals surface area contributed by atoms with E-state index in [4.69, 9.17) is 5.73 Å². The molecular weight excluding hydrogens is 281 g/mol. The van der Waals surface area contributed by atoms with E-state index in [0.29, 0.717) is 16.7 Å². The molecule has 3 aromatic rings. The Balaban J connectivity index is 2.01. The van der Waals surface area contributed by atoms with Crippen LogP contribution in [0.4, 0.5) is 18.9 Å². The third-order valence-corrected chi connectivity index (χ3v) is 3.14. The van der Waals surface area contributed by atoms with Gasteiger partial charge in [0.25, 0.3) is 0 Å². The van der Waals surface area contributed by atoms with Crippen LogP contribution in [0.2, 0.25) is 0 Å². The van der Waals surface area contributed by atoms with Crippen molar-refractivity contribution in [2.45, 2.75) is 12.7 Å². The number of alkyl halides is 3. The minimum Gasteiger partial charge on any atom is -0.397 e. The molecule has 21 heavy (non-hydrogen) atoms. The molecule has 0 aliphatic rings. The molecule has 0 atom stereocenters. The molecule has 2 heterocycles. The summed E-state index contributed by atoms with van der Waals surface area (Å²) >= 11 is 0. The first-order valence-corrected chi connectivity index (χ1v) is 6.18. The van der Waals surface area contributed by atoms with Gasteiger partial charge in [-0.15, -0.1) is 0 Å². The minimum absolute atomic E-state index is 0.00544.